The summed E-state index contributed by atoms with van der Waals surface area (Å²) in [6, 6.07) is 10.1. The third-order valence-corrected chi connectivity index (χ3v) is 6.39. The molecular weight excluding hydrogens is 564 g/mol. The van der Waals surface area contributed by atoms with Crippen LogP contribution >= 0.6 is 39.3 Å². The van der Waals surface area contributed by atoms with Crippen molar-refractivity contribution >= 4 is 74.1 Å². The Morgan fingerprint density at radius 2 is 1.94 bits per heavy atom. The van der Waals surface area contributed by atoms with Crippen molar-refractivity contribution in [1.82, 2.24) is 4.90 Å². The molecule has 184 valence electrons. The summed E-state index contributed by atoms with van der Waals surface area (Å²) >= 11 is 10.4. The van der Waals surface area contributed by atoms with Crippen LogP contribution in [0.5, 0.6) is 11.5 Å². The molecule has 0 spiro atoms. The van der Waals surface area contributed by atoms with E-state index in [4.69, 9.17) is 21.1 Å². The molecule has 1 N–H and O–H groups in total. The molecule has 0 atom stereocenters. The third kappa shape index (κ3) is 6.77. The number of carbonyl (C=O) groups excluding carboxylic acids is 4. The highest BCUT2D eigenvalue weighted by molar-refractivity contribution is 9.10. The van der Waals surface area contributed by atoms with Gasteiger partial charge in [0, 0.05) is 4.47 Å². The largest absolute Gasteiger partial charge is 0.490 e. The Morgan fingerprint density at radius 1 is 1.20 bits per heavy atom. The monoisotopic (exact) mass is 582 g/mol. The molecular formula is C23H20BrClN2O7S. The first-order valence-electron chi connectivity index (χ1n) is 10.2. The van der Waals surface area contributed by atoms with Crippen molar-refractivity contribution < 1.29 is 33.4 Å². The van der Waals surface area contributed by atoms with Crippen LogP contribution in [0.4, 0.5) is 10.5 Å². The second kappa shape index (κ2) is 12.1. The maximum absolute atomic E-state index is 12.8. The van der Waals surface area contributed by atoms with Gasteiger partial charge in [-0.2, -0.15) is 0 Å². The SMILES string of the molecule is CCOc1cc(/C=C2\SC(=O)N(CC(=O)Nc3ccccc3Br)C2=O)cc(Cl)c1OCC(=O)OC. The third-order valence-electron chi connectivity index (χ3n) is 4.51. The summed E-state index contributed by atoms with van der Waals surface area (Å²) in [6.45, 7) is 1.25. The molecule has 0 radical (unpaired) electrons. The number of esters is 1. The van der Waals surface area contributed by atoms with Crippen LogP contribution in [0.1, 0.15) is 12.5 Å². The molecule has 9 nitrogen and oxygen atoms in total. The number of amides is 3. The number of anilines is 1. The van der Waals surface area contributed by atoms with E-state index >= 15 is 0 Å². The first-order valence-corrected chi connectivity index (χ1v) is 12.2. The van der Waals surface area contributed by atoms with Crippen molar-refractivity contribution in [3.05, 3.63) is 56.4 Å². The van der Waals surface area contributed by atoms with Crippen LogP contribution in [0.25, 0.3) is 6.08 Å². The van der Waals surface area contributed by atoms with E-state index in [9.17, 15) is 19.2 Å². The van der Waals surface area contributed by atoms with E-state index in [0.717, 1.165) is 4.90 Å². The lowest BCUT2D eigenvalue weighted by Gasteiger charge is -2.14. The number of imide groups is 1. The average molecular weight is 584 g/mol. The van der Waals surface area contributed by atoms with Gasteiger partial charge in [0.25, 0.3) is 11.1 Å². The number of hydrogen-bond acceptors (Lipinski definition) is 8. The van der Waals surface area contributed by atoms with Crippen molar-refractivity contribution in [2.45, 2.75) is 6.92 Å². The summed E-state index contributed by atoms with van der Waals surface area (Å²) < 4.78 is 16.2. The Balaban J connectivity index is 1.77. The Morgan fingerprint density at radius 3 is 2.63 bits per heavy atom. The first kappa shape index (κ1) is 26.6. The second-order valence-corrected chi connectivity index (χ2v) is 9.18. The Kier molecular flexibility index (Phi) is 9.19. The van der Waals surface area contributed by atoms with Crippen molar-refractivity contribution in [3.63, 3.8) is 0 Å². The standard InChI is InChI=1S/C23H20BrClN2O7S/c1-3-33-17-9-13(8-15(25)21(17)34-12-20(29)32-2)10-18-22(30)27(23(31)35-18)11-19(28)26-16-7-5-4-6-14(16)24/h4-10H,3,11-12H2,1-2H3,(H,26,28)/b18-10-. The zero-order chi connectivity index (χ0) is 25.5. The van der Waals surface area contributed by atoms with Crippen LogP contribution < -0.4 is 14.8 Å². The lowest BCUT2D eigenvalue weighted by atomic mass is 10.1. The topological polar surface area (TPSA) is 111 Å². The zero-order valence-electron chi connectivity index (χ0n) is 18.6. The van der Waals surface area contributed by atoms with Crippen LogP contribution in [-0.2, 0) is 19.1 Å². The fourth-order valence-corrected chi connectivity index (χ4v) is 4.44. The molecule has 1 heterocycles. The molecule has 35 heavy (non-hydrogen) atoms. The number of thioether (sulfide) groups is 1. The van der Waals surface area contributed by atoms with E-state index in [1.54, 1.807) is 37.3 Å². The van der Waals surface area contributed by atoms with E-state index in [1.165, 1.54) is 19.3 Å². The molecule has 0 aromatic heterocycles. The maximum atomic E-state index is 12.8. The molecule has 3 rings (SSSR count). The van der Waals surface area contributed by atoms with Gasteiger partial charge in [-0.3, -0.25) is 19.3 Å². The van der Waals surface area contributed by atoms with E-state index < -0.39 is 29.6 Å². The summed E-state index contributed by atoms with van der Waals surface area (Å²) in [7, 11) is 1.23. The van der Waals surface area contributed by atoms with E-state index in [0.29, 0.717) is 27.5 Å². The highest BCUT2D eigenvalue weighted by atomic mass is 79.9. The van der Waals surface area contributed by atoms with Gasteiger partial charge in [-0.25, -0.2) is 4.79 Å². The number of methoxy groups -OCH3 is 1. The molecule has 12 heteroatoms. The minimum Gasteiger partial charge on any atom is -0.490 e. The van der Waals surface area contributed by atoms with E-state index in [-0.39, 0.29) is 34.6 Å². The van der Waals surface area contributed by atoms with Crippen LogP contribution in [0.3, 0.4) is 0 Å². The second-order valence-electron chi connectivity index (χ2n) is 6.92. The smallest absolute Gasteiger partial charge is 0.343 e. The number of halogens is 2. The predicted octanol–water partition coefficient (Wildman–Crippen LogP) is 4.73. The van der Waals surface area contributed by atoms with E-state index in [1.807, 2.05) is 0 Å². The van der Waals surface area contributed by atoms with Gasteiger partial charge in [0.05, 0.1) is 29.3 Å². The number of ether oxygens (including phenoxy) is 3. The fourth-order valence-electron chi connectivity index (χ4n) is 2.95. The average Bonchev–Trinajstić information content (AvgIpc) is 3.07. The molecule has 1 saturated heterocycles. The van der Waals surface area contributed by atoms with Gasteiger partial charge in [0.15, 0.2) is 18.1 Å². The molecule has 1 aliphatic heterocycles. The summed E-state index contributed by atoms with van der Waals surface area (Å²) in [5.74, 6) is -1.32. The van der Waals surface area contributed by atoms with Crippen molar-refractivity contribution in [1.29, 1.82) is 0 Å². The van der Waals surface area contributed by atoms with Gasteiger partial charge in [0.2, 0.25) is 5.91 Å². The van der Waals surface area contributed by atoms with Gasteiger partial charge in [0.1, 0.15) is 6.54 Å². The van der Waals surface area contributed by atoms with Crippen LogP contribution in [0, 0.1) is 0 Å². The van der Waals surface area contributed by atoms with Gasteiger partial charge < -0.3 is 19.5 Å². The molecule has 1 fully saturated rings. The van der Waals surface area contributed by atoms with Crippen molar-refractivity contribution in [2.24, 2.45) is 0 Å². The molecule has 0 saturated carbocycles. The van der Waals surface area contributed by atoms with Gasteiger partial charge in [-0.15, -0.1) is 0 Å². The zero-order valence-corrected chi connectivity index (χ0v) is 21.8. The molecule has 0 aliphatic carbocycles. The quantitative estimate of drug-likeness (QED) is 0.333. The summed E-state index contributed by atoms with van der Waals surface area (Å²) in [4.78, 5) is 50.1. The number of para-hydroxylation sites is 1. The van der Waals surface area contributed by atoms with Gasteiger partial charge in [-0.05, 0) is 70.5 Å². The summed E-state index contributed by atoms with van der Waals surface area (Å²) in [5.41, 5.74) is 0.986. The van der Waals surface area contributed by atoms with Crippen molar-refractivity contribution in [3.8, 4) is 11.5 Å². The van der Waals surface area contributed by atoms with Crippen molar-refractivity contribution in [2.75, 3.05) is 32.2 Å². The summed E-state index contributed by atoms with van der Waals surface area (Å²) in [6.07, 6.45) is 1.47. The molecule has 3 amide bonds. The van der Waals surface area contributed by atoms with Crippen LogP contribution in [0.15, 0.2) is 45.8 Å². The molecule has 0 unspecified atom stereocenters. The minimum atomic E-state index is -0.609. The van der Waals surface area contributed by atoms with Gasteiger partial charge >= 0.3 is 5.97 Å². The molecule has 1 aliphatic rings. The number of hydrogen-bond donors (Lipinski definition) is 1. The lowest BCUT2D eigenvalue weighted by molar-refractivity contribution is -0.143. The number of carbonyl (C=O) groups is 4. The summed E-state index contributed by atoms with van der Waals surface area (Å²) in [5, 5.41) is 2.23. The highest BCUT2D eigenvalue weighted by Gasteiger charge is 2.36. The maximum Gasteiger partial charge on any atom is 0.343 e. The number of nitrogens with zero attached hydrogens (tertiary/aromatic N) is 1. The Bertz CT molecular complexity index is 1200. The van der Waals surface area contributed by atoms with Crippen LogP contribution in [0.2, 0.25) is 5.02 Å². The lowest BCUT2D eigenvalue weighted by Crippen LogP contribution is -2.36. The first-order chi connectivity index (χ1) is 16.7. The van der Waals surface area contributed by atoms with Crippen LogP contribution in [-0.4, -0.2) is 54.8 Å². The highest BCUT2D eigenvalue weighted by Crippen LogP contribution is 2.39. The minimum absolute atomic E-state index is 0.116. The Labute approximate surface area is 218 Å². The normalized spacial score (nSPS) is 14.3. The molecule has 2 aromatic carbocycles. The number of rotatable bonds is 9. The number of benzene rings is 2. The van der Waals surface area contributed by atoms with E-state index in [2.05, 4.69) is 26.0 Å². The fraction of sp³-hybridized carbons (Fsp3) is 0.217. The number of nitrogens with one attached hydrogen (secondary N) is 1. The molecule has 0 bridgehead atoms. The predicted molar refractivity (Wildman–Crippen MR) is 136 cm³/mol. The van der Waals surface area contributed by atoms with Gasteiger partial charge in [-0.1, -0.05) is 23.7 Å². The Hall–Kier alpha value is -3.02. The molecule has 2 aromatic rings.